The summed E-state index contributed by atoms with van der Waals surface area (Å²) in [7, 11) is 0. The molecule has 0 spiro atoms. The minimum absolute atomic E-state index is 0.341. The highest BCUT2D eigenvalue weighted by Gasteiger charge is 2.13. The molecule has 1 unspecified atom stereocenters. The molecule has 0 aliphatic heterocycles. The summed E-state index contributed by atoms with van der Waals surface area (Å²) in [5, 5.41) is 4.46. The molecule has 22 heavy (non-hydrogen) atoms. The molecule has 0 saturated carbocycles. The van der Waals surface area contributed by atoms with Crippen molar-refractivity contribution in [3.63, 3.8) is 0 Å². The summed E-state index contributed by atoms with van der Waals surface area (Å²) in [6, 6.07) is 14.5. The normalized spacial score (nSPS) is 12.1. The monoisotopic (exact) mass is 380 g/mol. The first kappa shape index (κ1) is 16.5. The molecular weight excluding hydrogens is 368 g/mol. The van der Waals surface area contributed by atoms with E-state index in [9.17, 15) is 4.79 Å². The molecule has 0 aliphatic carbocycles. The molecule has 1 amide bonds. The molecule has 0 heterocycles. The number of hydrogen-bond acceptors (Lipinski definition) is 3. The van der Waals surface area contributed by atoms with Gasteiger partial charge in [-0.25, -0.2) is 5.43 Å². The smallest absolute Gasteiger partial charge is 0.280 e. The molecule has 0 aromatic heterocycles. The van der Waals surface area contributed by atoms with Crippen LogP contribution in [-0.4, -0.2) is 18.2 Å². The van der Waals surface area contributed by atoms with Gasteiger partial charge in [0.05, 0.1) is 6.21 Å². The Bertz CT molecular complexity index is 691. The maximum Gasteiger partial charge on any atom is 0.280 e. The van der Waals surface area contributed by atoms with Gasteiger partial charge in [0.1, 0.15) is 5.75 Å². The average Bonchev–Trinajstić information content (AvgIpc) is 2.47. The van der Waals surface area contributed by atoms with Crippen molar-refractivity contribution in [2.45, 2.75) is 13.0 Å². The van der Waals surface area contributed by atoms with Crippen molar-refractivity contribution in [3.8, 4) is 5.75 Å². The summed E-state index contributed by atoms with van der Waals surface area (Å²) >= 11 is 9.23. The van der Waals surface area contributed by atoms with Crippen LogP contribution in [0.5, 0.6) is 5.75 Å². The van der Waals surface area contributed by atoms with E-state index in [1.165, 1.54) is 0 Å². The van der Waals surface area contributed by atoms with Gasteiger partial charge in [0.15, 0.2) is 6.10 Å². The number of halogens is 2. The second kappa shape index (κ2) is 7.96. The molecule has 2 rings (SSSR count). The Morgan fingerprint density at radius 1 is 1.32 bits per heavy atom. The number of hydrazone groups is 1. The van der Waals surface area contributed by atoms with Gasteiger partial charge < -0.3 is 4.74 Å². The summed E-state index contributed by atoms with van der Waals surface area (Å²) in [6.07, 6.45) is 0.882. The Hall–Kier alpha value is -1.85. The molecule has 2 aromatic carbocycles. The average molecular weight is 382 g/mol. The van der Waals surface area contributed by atoms with Gasteiger partial charge in [-0.2, -0.15) is 5.10 Å². The Morgan fingerprint density at radius 2 is 2.09 bits per heavy atom. The van der Waals surface area contributed by atoms with Crippen molar-refractivity contribution in [1.82, 2.24) is 5.43 Å². The number of ether oxygens (including phenoxy) is 1. The van der Waals surface area contributed by atoms with E-state index in [4.69, 9.17) is 16.3 Å². The fourth-order valence-corrected chi connectivity index (χ4v) is 2.24. The van der Waals surface area contributed by atoms with Crippen LogP contribution in [0.2, 0.25) is 5.02 Å². The maximum absolute atomic E-state index is 11.9. The first-order chi connectivity index (χ1) is 10.5. The van der Waals surface area contributed by atoms with E-state index in [0.29, 0.717) is 10.8 Å². The summed E-state index contributed by atoms with van der Waals surface area (Å²) in [4.78, 5) is 11.9. The van der Waals surface area contributed by atoms with Crippen LogP contribution in [0.3, 0.4) is 0 Å². The molecule has 6 heteroatoms. The van der Waals surface area contributed by atoms with E-state index >= 15 is 0 Å². The number of amides is 1. The van der Waals surface area contributed by atoms with Crippen LogP contribution in [0.1, 0.15) is 12.5 Å². The predicted molar refractivity (Wildman–Crippen MR) is 91.4 cm³/mol. The van der Waals surface area contributed by atoms with Crippen LogP contribution >= 0.6 is 27.5 Å². The third kappa shape index (κ3) is 5.16. The number of nitrogens with zero attached hydrogens (tertiary/aromatic N) is 1. The van der Waals surface area contributed by atoms with Crippen LogP contribution in [0.25, 0.3) is 0 Å². The molecule has 0 aliphatic rings. The first-order valence-electron chi connectivity index (χ1n) is 6.55. The van der Waals surface area contributed by atoms with E-state index in [-0.39, 0.29) is 5.91 Å². The van der Waals surface area contributed by atoms with Crippen LogP contribution in [0.4, 0.5) is 0 Å². The molecule has 4 nitrogen and oxygen atoms in total. The van der Waals surface area contributed by atoms with Crippen molar-refractivity contribution in [1.29, 1.82) is 0 Å². The first-order valence-corrected chi connectivity index (χ1v) is 7.72. The summed E-state index contributed by atoms with van der Waals surface area (Å²) in [5.41, 5.74) is 3.32. The standard InChI is InChI=1S/C16H14BrClN2O2/c1-11(22-15-7-3-6-14(18)9-15)16(21)20-19-10-12-4-2-5-13(17)8-12/h2-11H,1H3,(H,20,21). The summed E-state index contributed by atoms with van der Waals surface area (Å²) in [6.45, 7) is 1.64. The summed E-state index contributed by atoms with van der Waals surface area (Å²) in [5.74, 6) is 0.192. The zero-order valence-electron chi connectivity index (χ0n) is 11.8. The third-order valence-electron chi connectivity index (χ3n) is 2.72. The molecule has 0 radical (unpaired) electrons. The Morgan fingerprint density at radius 3 is 2.82 bits per heavy atom. The molecule has 114 valence electrons. The topological polar surface area (TPSA) is 50.7 Å². The highest BCUT2D eigenvalue weighted by molar-refractivity contribution is 9.10. The van der Waals surface area contributed by atoms with Gasteiger partial charge in [-0.05, 0) is 42.8 Å². The lowest BCUT2D eigenvalue weighted by molar-refractivity contribution is -0.127. The lowest BCUT2D eigenvalue weighted by atomic mass is 10.2. The van der Waals surface area contributed by atoms with E-state index in [0.717, 1.165) is 10.0 Å². The van der Waals surface area contributed by atoms with Gasteiger partial charge in [-0.3, -0.25) is 4.79 Å². The van der Waals surface area contributed by atoms with Crippen molar-refractivity contribution >= 4 is 39.7 Å². The number of rotatable bonds is 5. The van der Waals surface area contributed by atoms with E-state index < -0.39 is 6.10 Å². The van der Waals surface area contributed by atoms with Crippen LogP contribution in [0, 0.1) is 0 Å². The second-order valence-corrected chi connectivity index (χ2v) is 5.86. The van der Waals surface area contributed by atoms with Crippen LogP contribution < -0.4 is 10.2 Å². The van der Waals surface area contributed by atoms with E-state index in [1.807, 2.05) is 24.3 Å². The number of carbonyl (C=O) groups excluding carboxylic acids is 1. The van der Waals surface area contributed by atoms with Crippen LogP contribution in [-0.2, 0) is 4.79 Å². The van der Waals surface area contributed by atoms with Gasteiger partial charge in [-0.15, -0.1) is 0 Å². The van der Waals surface area contributed by atoms with Crippen molar-refractivity contribution in [2.75, 3.05) is 0 Å². The van der Waals surface area contributed by atoms with Crippen molar-refractivity contribution in [3.05, 3.63) is 63.6 Å². The fourth-order valence-electron chi connectivity index (χ4n) is 1.65. The Kier molecular flexibility index (Phi) is 5.98. The van der Waals surface area contributed by atoms with Gasteiger partial charge in [0, 0.05) is 9.50 Å². The van der Waals surface area contributed by atoms with Gasteiger partial charge >= 0.3 is 0 Å². The highest BCUT2D eigenvalue weighted by atomic mass is 79.9. The SMILES string of the molecule is CC(Oc1cccc(Cl)c1)C(=O)NN=Cc1cccc(Br)c1. The molecule has 0 bridgehead atoms. The zero-order valence-corrected chi connectivity index (χ0v) is 14.1. The van der Waals surface area contributed by atoms with E-state index in [1.54, 1.807) is 37.4 Å². The Labute approximate surface area is 142 Å². The summed E-state index contributed by atoms with van der Waals surface area (Å²) < 4.78 is 6.45. The second-order valence-electron chi connectivity index (χ2n) is 4.51. The third-order valence-corrected chi connectivity index (χ3v) is 3.44. The fraction of sp³-hybridized carbons (Fsp3) is 0.125. The number of nitrogens with one attached hydrogen (secondary N) is 1. The van der Waals surface area contributed by atoms with Gasteiger partial charge in [-0.1, -0.05) is 45.7 Å². The van der Waals surface area contributed by atoms with Crippen molar-refractivity contribution in [2.24, 2.45) is 5.10 Å². The van der Waals surface area contributed by atoms with Gasteiger partial charge in [0.25, 0.3) is 5.91 Å². The molecule has 1 atom stereocenters. The molecule has 0 saturated heterocycles. The largest absolute Gasteiger partial charge is 0.481 e. The predicted octanol–water partition coefficient (Wildman–Crippen LogP) is 4.02. The lowest BCUT2D eigenvalue weighted by Crippen LogP contribution is -2.33. The molecule has 0 fully saturated rings. The van der Waals surface area contributed by atoms with Crippen molar-refractivity contribution < 1.29 is 9.53 Å². The minimum atomic E-state index is -0.682. The van der Waals surface area contributed by atoms with Crippen LogP contribution in [0.15, 0.2) is 58.1 Å². The maximum atomic E-state index is 11.9. The number of hydrogen-bond donors (Lipinski definition) is 1. The minimum Gasteiger partial charge on any atom is -0.481 e. The zero-order chi connectivity index (χ0) is 15.9. The number of carbonyl (C=O) groups is 1. The Balaban J connectivity index is 1.89. The molecule has 1 N–H and O–H groups in total. The molecular formula is C16H14BrClN2O2. The molecule has 2 aromatic rings. The van der Waals surface area contributed by atoms with Gasteiger partial charge in [0.2, 0.25) is 0 Å². The number of benzene rings is 2. The lowest BCUT2D eigenvalue weighted by Gasteiger charge is -2.12. The quantitative estimate of drug-likeness (QED) is 0.628. The highest BCUT2D eigenvalue weighted by Crippen LogP contribution is 2.18. The van der Waals surface area contributed by atoms with E-state index in [2.05, 4.69) is 26.5 Å².